The Hall–Kier alpha value is -1.10. The SMILES string of the molecule is O=C1CN(C2CCCC2)C(C(=O)O)CN1. The van der Waals surface area contributed by atoms with Crippen LogP contribution in [0.1, 0.15) is 25.7 Å². The fourth-order valence-corrected chi connectivity index (χ4v) is 2.51. The van der Waals surface area contributed by atoms with E-state index in [9.17, 15) is 9.59 Å². The molecule has 0 bridgehead atoms. The Balaban J connectivity index is 2.08. The van der Waals surface area contributed by atoms with Crippen molar-refractivity contribution in [2.24, 2.45) is 0 Å². The highest BCUT2D eigenvalue weighted by atomic mass is 16.4. The molecule has 0 aromatic heterocycles. The summed E-state index contributed by atoms with van der Waals surface area (Å²) in [7, 11) is 0. The van der Waals surface area contributed by atoms with Crippen molar-refractivity contribution < 1.29 is 14.7 Å². The highest BCUT2D eigenvalue weighted by molar-refractivity contribution is 5.83. The molecule has 0 radical (unpaired) electrons. The maximum atomic E-state index is 11.3. The van der Waals surface area contributed by atoms with Gasteiger partial charge in [-0.25, -0.2) is 0 Å². The molecule has 1 atom stereocenters. The van der Waals surface area contributed by atoms with E-state index in [2.05, 4.69) is 5.32 Å². The van der Waals surface area contributed by atoms with Crippen LogP contribution in [-0.4, -0.2) is 47.1 Å². The first-order chi connectivity index (χ1) is 7.18. The smallest absolute Gasteiger partial charge is 0.322 e. The molecule has 1 saturated heterocycles. The minimum atomic E-state index is -0.832. The van der Waals surface area contributed by atoms with Crippen LogP contribution in [0.15, 0.2) is 0 Å². The van der Waals surface area contributed by atoms with Gasteiger partial charge in [0.1, 0.15) is 6.04 Å². The third kappa shape index (κ3) is 2.12. The Morgan fingerprint density at radius 3 is 2.67 bits per heavy atom. The zero-order valence-electron chi connectivity index (χ0n) is 8.61. The number of hydrogen-bond acceptors (Lipinski definition) is 3. The summed E-state index contributed by atoms with van der Waals surface area (Å²) in [4.78, 5) is 24.1. The van der Waals surface area contributed by atoms with Gasteiger partial charge in [0.25, 0.3) is 0 Å². The van der Waals surface area contributed by atoms with Crippen molar-refractivity contribution in [3.63, 3.8) is 0 Å². The molecule has 2 N–H and O–H groups in total. The van der Waals surface area contributed by atoms with Crippen molar-refractivity contribution in [2.45, 2.75) is 37.8 Å². The number of piperazine rings is 1. The number of carbonyl (C=O) groups is 2. The second-order valence-electron chi connectivity index (χ2n) is 4.27. The minimum absolute atomic E-state index is 0.0561. The van der Waals surface area contributed by atoms with Gasteiger partial charge in [-0.15, -0.1) is 0 Å². The lowest BCUT2D eigenvalue weighted by atomic mass is 10.1. The van der Waals surface area contributed by atoms with E-state index in [4.69, 9.17) is 5.11 Å². The maximum Gasteiger partial charge on any atom is 0.322 e. The van der Waals surface area contributed by atoms with Gasteiger partial charge in [-0.1, -0.05) is 12.8 Å². The van der Waals surface area contributed by atoms with E-state index in [-0.39, 0.29) is 25.0 Å². The number of aliphatic carboxylic acids is 1. The van der Waals surface area contributed by atoms with Crippen LogP contribution < -0.4 is 5.32 Å². The van der Waals surface area contributed by atoms with Crippen molar-refractivity contribution >= 4 is 11.9 Å². The summed E-state index contributed by atoms with van der Waals surface area (Å²) in [6.45, 7) is 0.478. The van der Waals surface area contributed by atoms with Gasteiger partial charge in [-0.2, -0.15) is 0 Å². The number of hydrogen-bond donors (Lipinski definition) is 2. The maximum absolute atomic E-state index is 11.3. The number of nitrogens with zero attached hydrogens (tertiary/aromatic N) is 1. The van der Waals surface area contributed by atoms with Gasteiger partial charge < -0.3 is 10.4 Å². The molecule has 2 fully saturated rings. The van der Waals surface area contributed by atoms with Crippen LogP contribution in [0.2, 0.25) is 0 Å². The first-order valence-electron chi connectivity index (χ1n) is 5.44. The monoisotopic (exact) mass is 212 g/mol. The molecule has 1 saturated carbocycles. The van der Waals surface area contributed by atoms with E-state index >= 15 is 0 Å². The number of amides is 1. The topological polar surface area (TPSA) is 69.6 Å². The number of carbonyl (C=O) groups excluding carboxylic acids is 1. The van der Waals surface area contributed by atoms with Crippen LogP contribution in [0.3, 0.4) is 0 Å². The molecule has 1 amide bonds. The molecule has 5 heteroatoms. The quantitative estimate of drug-likeness (QED) is 0.666. The van der Waals surface area contributed by atoms with E-state index in [1.165, 1.54) is 0 Å². The van der Waals surface area contributed by atoms with Gasteiger partial charge in [0, 0.05) is 12.6 Å². The van der Waals surface area contributed by atoms with E-state index in [1.54, 1.807) is 0 Å². The molecular weight excluding hydrogens is 196 g/mol. The van der Waals surface area contributed by atoms with Gasteiger partial charge in [-0.05, 0) is 12.8 Å². The first-order valence-corrected chi connectivity index (χ1v) is 5.44. The van der Waals surface area contributed by atoms with Crippen molar-refractivity contribution in [3.05, 3.63) is 0 Å². The van der Waals surface area contributed by atoms with E-state index in [1.807, 2.05) is 4.90 Å². The molecule has 0 spiro atoms. The number of rotatable bonds is 2. The average Bonchev–Trinajstić information content (AvgIpc) is 2.69. The zero-order valence-corrected chi connectivity index (χ0v) is 8.61. The van der Waals surface area contributed by atoms with Crippen LogP contribution >= 0.6 is 0 Å². The van der Waals surface area contributed by atoms with Crippen molar-refractivity contribution in [3.8, 4) is 0 Å². The van der Waals surface area contributed by atoms with E-state index in [0.29, 0.717) is 0 Å². The lowest BCUT2D eigenvalue weighted by Crippen LogP contribution is -2.60. The lowest BCUT2D eigenvalue weighted by molar-refractivity contribution is -0.147. The fraction of sp³-hybridized carbons (Fsp3) is 0.800. The second kappa shape index (κ2) is 4.18. The molecule has 2 aliphatic rings. The van der Waals surface area contributed by atoms with Crippen LogP contribution in [0.25, 0.3) is 0 Å². The first kappa shape index (κ1) is 10.4. The summed E-state index contributed by atoms with van der Waals surface area (Å²) in [5, 5.41) is 11.7. The summed E-state index contributed by atoms with van der Waals surface area (Å²) < 4.78 is 0. The van der Waals surface area contributed by atoms with Gasteiger partial charge in [0.15, 0.2) is 0 Å². The third-order valence-electron chi connectivity index (χ3n) is 3.30. The average molecular weight is 212 g/mol. The molecule has 15 heavy (non-hydrogen) atoms. The molecular formula is C10H16N2O3. The minimum Gasteiger partial charge on any atom is -0.480 e. The molecule has 1 unspecified atom stereocenters. The number of carboxylic acid groups (broad SMARTS) is 1. The Kier molecular flexibility index (Phi) is 2.90. The third-order valence-corrected chi connectivity index (χ3v) is 3.30. The Morgan fingerprint density at radius 2 is 2.07 bits per heavy atom. The summed E-state index contributed by atoms with van der Waals surface area (Å²) in [5.41, 5.74) is 0. The summed E-state index contributed by atoms with van der Waals surface area (Å²) in [6, 6.07) is -0.247. The second-order valence-corrected chi connectivity index (χ2v) is 4.27. The molecule has 1 heterocycles. The predicted octanol–water partition coefficient (Wildman–Crippen LogP) is -0.186. The van der Waals surface area contributed by atoms with Crippen LogP contribution in [-0.2, 0) is 9.59 Å². The van der Waals surface area contributed by atoms with Gasteiger partial charge in [0.2, 0.25) is 5.91 Å². The summed E-state index contributed by atoms with van der Waals surface area (Å²) in [6.07, 6.45) is 4.35. The molecule has 84 valence electrons. The predicted molar refractivity (Wildman–Crippen MR) is 53.4 cm³/mol. The molecule has 5 nitrogen and oxygen atoms in total. The molecule has 2 rings (SSSR count). The Labute approximate surface area is 88.4 Å². The molecule has 1 aliphatic carbocycles. The van der Waals surface area contributed by atoms with Crippen molar-refractivity contribution in [1.29, 1.82) is 0 Å². The highest BCUT2D eigenvalue weighted by Gasteiger charge is 2.37. The fourth-order valence-electron chi connectivity index (χ4n) is 2.51. The largest absolute Gasteiger partial charge is 0.480 e. The summed E-state index contributed by atoms with van der Waals surface area (Å²) >= 11 is 0. The lowest BCUT2D eigenvalue weighted by Gasteiger charge is -2.36. The zero-order chi connectivity index (χ0) is 10.8. The van der Waals surface area contributed by atoms with Crippen LogP contribution in [0, 0.1) is 0 Å². The Morgan fingerprint density at radius 1 is 1.40 bits per heavy atom. The van der Waals surface area contributed by atoms with Gasteiger partial charge >= 0.3 is 5.97 Å². The number of nitrogens with one attached hydrogen (secondary N) is 1. The molecule has 1 aliphatic heterocycles. The normalized spacial score (nSPS) is 29.1. The van der Waals surface area contributed by atoms with E-state index in [0.717, 1.165) is 25.7 Å². The van der Waals surface area contributed by atoms with Crippen LogP contribution in [0.5, 0.6) is 0 Å². The van der Waals surface area contributed by atoms with Crippen molar-refractivity contribution in [2.75, 3.05) is 13.1 Å². The van der Waals surface area contributed by atoms with Crippen molar-refractivity contribution in [1.82, 2.24) is 10.2 Å². The molecule has 0 aromatic carbocycles. The van der Waals surface area contributed by atoms with Gasteiger partial charge in [0.05, 0.1) is 6.54 Å². The van der Waals surface area contributed by atoms with Crippen LogP contribution in [0.4, 0.5) is 0 Å². The highest BCUT2D eigenvalue weighted by Crippen LogP contribution is 2.25. The Bertz CT molecular complexity index is 274. The molecule has 0 aromatic rings. The standard InChI is InChI=1S/C10H16N2O3/c13-9-6-12(7-3-1-2-4-7)8(5-11-9)10(14)15/h7-8H,1-6H2,(H,11,13)(H,14,15). The number of carboxylic acids is 1. The van der Waals surface area contributed by atoms with Gasteiger partial charge in [-0.3, -0.25) is 14.5 Å². The summed E-state index contributed by atoms with van der Waals surface area (Å²) in [5.74, 6) is -0.888. The van der Waals surface area contributed by atoms with E-state index < -0.39 is 12.0 Å².